The molecule has 1 atom stereocenters. The summed E-state index contributed by atoms with van der Waals surface area (Å²) in [7, 11) is 3.06. The van der Waals surface area contributed by atoms with Crippen molar-refractivity contribution in [3.8, 4) is 0 Å². The molecule has 0 spiro atoms. The Labute approximate surface area is 195 Å². The highest BCUT2D eigenvalue weighted by Gasteiger charge is 2.24. The summed E-state index contributed by atoms with van der Waals surface area (Å²) in [4.78, 5) is 41.8. The van der Waals surface area contributed by atoms with E-state index in [1.165, 1.54) is 11.6 Å². The van der Waals surface area contributed by atoms with E-state index in [9.17, 15) is 14.4 Å². The fraction of sp³-hybridized carbons (Fsp3) is 0.400. The summed E-state index contributed by atoms with van der Waals surface area (Å²) in [6.07, 6.45) is 0.758. The van der Waals surface area contributed by atoms with Crippen molar-refractivity contribution in [1.29, 1.82) is 0 Å². The van der Waals surface area contributed by atoms with Gasteiger partial charge in [-0.1, -0.05) is 50.7 Å². The summed E-state index contributed by atoms with van der Waals surface area (Å²) >= 11 is 5.70. The Hall–Kier alpha value is -1.95. The molecule has 0 fully saturated rings. The summed E-state index contributed by atoms with van der Waals surface area (Å²) in [6.45, 7) is 2.52. The smallest absolute Gasteiger partial charge is 0.332 e. The van der Waals surface area contributed by atoms with Gasteiger partial charge in [0.15, 0.2) is 11.2 Å². The van der Waals surface area contributed by atoms with Crippen molar-refractivity contribution < 1.29 is 9.53 Å². The van der Waals surface area contributed by atoms with Gasteiger partial charge < -0.3 is 9.30 Å². The van der Waals surface area contributed by atoms with E-state index in [0.717, 1.165) is 14.6 Å². The molecular formula is C20H22BrIN4O4. The zero-order chi connectivity index (χ0) is 22.0. The van der Waals surface area contributed by atoms with Crippen LogP contribution in [0.4, 0.5) is 0 Å². The van der Waals surface area contributed by atoms with Gasteiger partial charge in [0, 0.05) is 31.5 Å². The number of carbonyl (C=O) groups excluding carboxylic acids is 1. The molecule has 0 aliphatic heterocycles. The zero-order valence-corrected chi connectivity index (χ0v) is 20.6. The van der Waals surface area contributed by atoms with Crippen molar-refractivity contribution in [1.82, 2.24) is 18.7 Å². The maximum absolute atomic E-state index is 13.0. The van der Waals surface area contributed by atoms with Gasteiger partial charge in [0.2, 0.25) is 0 Å². The quantitative estimate of drug-likeness (QED) is 0.240. The number of hydrogen-bond donors (Lipinski definition) is 0. The fourth-order valence-corrected chi connectivity index (χ4v) is 4.52. The topological polar surface area (TPSA) is 88.1 Å². The molecule has 10 heteroatoms. The average molecular weight is 589 g/mol. The fourth-order valence-electron chi connectivity index (χ4n) is 3.29. The van der Waals surface area contributed by atoms with E-state index in [0.29, 0.717) is 36.6 Å². The number of halogens is 2. The van der Waals surface area contributed by atoms with E-state index in [2.05, 4.69) is 43.5 Å². The second kappa shape index (κ2) is 9.46. The number of ether oxygens (including phenoxy) is 1. The van der Waals surface area contributed by atoms with Gasteiger partial charge in [-0.2, -0.15) is 0 Å². The van der Waals surface area contributed by atoms with Crippen molar-refractivity contribution in [3.63, 3.8) is 0 Å². The van der Waals surface area contributed by atoms with E-state index in [1.807, 2.05) is 28.8 Å². The maximum Gasteiger partial charge on any atom is 0.332 e. The molecule has 0 N–H and O–H groups in total. The molecule has 2 heterocycles. The third kappa shape index (κ3) is 4.53. The van der Waals surface area contributed by atoms with Crippen LogP contribution in [0, 0.1) is 0 Å². The van der Waals surface area contributed by atoms with Gasteiger partial charge in [-0.15, -0.1) is 0 Å². The lowest BCUT2D eigenvalue weighted by Gasteiger charge is -2.14. The lowest BCUT2D eigenvalue weighted by molar-refractivity contribution is -0.143. The van der Waals surface area contributed by atoms with Gasteiger partial charge in [-0.05, 0) is 31.0 Å². The van der Waals surface area contributed by atoms with E-state index in [1.54, 1.807) is 14.0 Å². The Bertz CT molecular complexity index is 1210. The van der Waals surface area contributed by atoms with Gasteiger partial charge in [-0.3, -0.25) is 18.7 Å². The predicted molar refractivity (Wildman–Crippen MR) is 126 cm³/mol. The van der Waals surface area contributed by atoms with E-state index >= 15 is 0 Å². The molecule has 3 aromatic rings. The molecule has 3 rings (SSSR count). The molecule has 1 aromatic carbocycles. The second-order valence-electron chi connectivity index (χ2n) is 6.88. The van der Waals surface area contributed by atoms with Gasteiger partial charge in [0.1, 0.15) is 5.82 Å². The van der Waals surface area contributed by atoms with Gasteiger partial charge >= 0.3 is 11.7 Å². The van der Waals surface area contributed by atoms with Crippen molar-refractivity contribution in [2.45, 2.75) is 30.2 Å². The molecule has 0 bridgehead atoms. The highest BCUT2D eigenvalue weighted by Crippen LogP contribution is 2.30. The minimum atomic E-state index is -0.428. The first-order chi connectivity index (χ1) is 14.2. The molecule has 0 amide bonds. The summed E-state index contributed by atoms with van der Waals surface area (Å²) in [5.41, 5.74) is 0.867. The monoisotopic (exact) mass is 588 g/mol. The Morgan fingerprint density at radius 1 is 1.27 bits per heavy atom. The van der Waals surface area contributed by atoms with Gasteiger partial charge in [0.05, 0.1) is 10.5 Å². The third-order valence-corrected chi connectivity index (χ3v) is 6.47. The van der Waals surface area contributed by atoms with Crippen LogP contribution in [0.3, 0.4) is 0 Å². The van der Waals surface area contributed by atoms with Crippen molar-refractivity contribution in [2.75, 3.05) is 6.61 Å². The number of aromatic nitrogens is 4. The standard InChI is InChI=1S/C20H22BrIN4O4/c1-4-30-15(27)9-8-14(22)17-23-18-16(19(28)25(3)20(29)24(18)2)26(17)11-12-6-5-7-13(21)10-12/h5-7,10,14H,4,8-9,11H2,1-3H3. The molecular weight excluding hydrogens is 567 g/mol. The van der Waals surface area contributed by atoms with Crippen LogP contribution in [0.2, 0.25) is 0 Å². The lowest BCUT2D eigenvalue weighted by Crippen LogP contribution is -2.37. The van der Waals surface area contributed by atoms with Crippen molar-refractivity contribution >= 4 is 55.7 Å². The van der Waals surface area contributed by atoms with Crippen LogP contribution in [-0.2, 0) is 30.2 Å². The average Bonchev–Trinajstić information content (AvgIpc) is 3.08. The summed E-state index contributed by atoms with van der Waals surface area (Å²) < 4.78 is 10.1. The molecule has 0 saturated carbocycles. The number of fused-ring (bicyclic) bond motifs is 1. The molecule has 30 heavy (non-hydrogen) atoms. The van der Waals surface area contributed by atoms with E-state index < -0.39 is 11.2 Å². The number of esters is 1. The van der Waals surface area contributed by atoms with Crippen LogP contribution in [0.25, 0.3) is 11.2 Å². The van der Waals surface area contributed by atoms with Crippen LogP contribution < -0.4 is 11.2 Å². The first kappa shape index (κ1) is 22.7. The molecule has 0 radical (unpaired) electrons. The Morgan fingerprint density at radius 3 is 2.67 bits per heavy atom. The minimum Gasteiger partial charge on any atom is -0.466 e. The SMILES string of the molecule is CCOC(=O)CCC(I)c1nc2c(c(=O)n(C)c(=O)n2C)n1Cc1cccc(Br)c1. The molecule has 0 aliphatic rings. The number of alkyl halides is 1. The number of benzene rings is 1. The Morgan fingerprint density at radius 2 is 2.00 bits per heavy atom. The van der Waals surface area contributed by atoms with Crippen LogP contribution in [0.15, 0.2) is 38.3 Å². The number of nitrogens with zero attached hydrogens (tertiary/aromatic N) is 4. The second-order valence-corrected chi connectivity index (χ2v) is 9.29. The van der Waals surface area contributed by atoms with Crippen molar-refractivity contribution in [2.24, 2.45) is 14.1 Å². The number of aryl methyl sites for hydroxylation is 1. The largest absolute Gasteiger partial charge is 0.466 e. The number of imidazole rings is 1. The summed E-state index contributed by atoms with van der Waals surface area (Å²) in [5.74, 6) is 0.380. The number of hydrogen-bond acceptors (Lipinski definition) is 5. The molecule has 0 saturated heterocycles. The first-order valence-electron chi connectivity index (χ1n) is 9.44. The molecule has 2 aromatic heterocycles. The number of carbonyl (C=O) groups is 1. The van der Waals surface area contributed by atoms with E-state index in [-0.39, 0.29) is 16.3 Å². The van der Waals surface area contributed by atoms with Gasteiger partial charge in [0.25, 0.3) is 5.56 Å². The highest BCUT2D eigenvalue weighted by molar-refractivity contribution is 14.1. The van der Waals surface area contributed by atoms with Crippen LogP contribution in [0.5, 0.6) is 0 Å². The van der Waals surface area contributed by atoms with Crippen molar-refractivity contribution in [3.05, 3.63) is 61.0 Å². The van der Waals surface area contributed by atoms with Crippen LogP contribution in [-0.4, -0.2) is 31.3 Å². The van der Waals surface area contributed by atoms with Gasteiger partial charge in [-0.25, -0.2) is 9.78 Å². The Balaban J connectivity index is 2.14. The lowest BCUT2D eigenvalue weighted by atomic mass is 10.2. The molecule has 160 valence electrons. The van der Waals surface area contributed by atoms with Crippen LogP contribution >= 0.6 is 38.5 Å². The summed E-state index contributed by atoms with van der Waals surface area (Å²) in [6, 6.07) is 7.80. The molecule has 1 unspecified atom stereocenters. The predicted octanol–water partition coefficient (Wildman–Crippen LogP) is 3.06. The highest BCUT2D eigenvalue weighted by atomic mass is 127. The molecule has 0 aliphatic carbocycles. The normalized spacial score (nSPS) is 12.3. The molecule has 8 nitrogen and oxygen atoms in total. The zero-order valence-electron chi connectivity index (χ0n) is 16.9. The third-order valence-electron chi connectivity index (χ3n) is 4.79. The number of rotatable bonds is 7. The minimum absolute atomic E-state index is 0.147. The van der Waals surface area contributed by atoms with Crippen LogP contribution in [0.1, 0.15) is 35.1 Å². The first-order valence-corrected chi connectivity index (χ1v) is 11.5. The van der Waals surface area contributed by atoms with E-state index in [4.69, 9.17) is 4.74 Å². The Kier molecular flexibility index (Phi) is 7.17. The maximum atomic E-state index is 13.0. The summed E-state index contributed by atoms with van der Waals surface area (Å²) in [5, 5.41) is 0.